The summed E-state index contributed by atoms with van der Waals surface area (Å²) in [5, 5.41) is 1.13. The van der Waals surface area contributed by atoms with Crippen LogP contribution in [-0.2, 0) is 0 Å². The molecular formula is C22H12Cl2N2O. The Balaban J connectivity index is 1.90. The number of hydrogen-bond acceptors (Lipinski definition) is 2. The van der Waals surface area contributed by atoms with Crippen molar-refractivity contribution in [2.75, 3.05) is 0 Å². The van der Waals surface area contributed by atoms with Crippen LogP contribution in [0.1, 0.15) is 10.4 Å². The molecule has 0 saturated carbocycles. The van der Waals surface area contributed by atoms with Gasteiger partial charge in [0.2, 0.25) is 0 Å². The summed E-state index contributed by atoms with van der Waals surface area (Å²) < 4.78 is 1.64. The third kappa shape index (κ3) is 2.36. The Kier molecular flexibility index (Phi) is 3.67. The van der Waals surface area contributed by atoms with Gasteiger partial charge in [0.05, 0.1) is 22.0 Å². The maximum absolute atomic E-state index is 13.2. The van der Waals surface area contributed by atoms with Crippen LogP contribution < -0.4 is 0 Å². The number of imidazole rings is 1. The van der Waals surface area contributed by atoms with Crippen molar-refractivity contribution in [3.8, 4) is 33.9 Å². The molecule has 0 bridgehead atoms. The summed E-state index contributed by atoms with van der Waals surface area (Å²) in [5.41, 5.74) is 4.26. The summed E-state index contributed by atoms with van der Waals surface area (Å²) >= 11 is 12.9. The van der Waals surface area contributed by atoms with E-state index in [2.05, 4.69) is 0 Å². The first-order valence-electron chi connectivity index (χ1n) is 8.43. The van der Waals surface area contributed by atoms with Crippen LogP contribution in [0.15, 0.2) is 72.8 Å². The Bertz CT molecular complexity index is 1230. The second kappa shape index (κ2) is 6.08. The number of nitrogens with zero attached hydrogens (tertiary/aromatic N) is 2. The monoisotopic (exact) mass is 390 g/mol. The molecule has 5 rings (SSSR count). The number of fused-ring (bicyclic) bond motifs is 3. The molecule has 0 atom stereocenters. The summed E-state index contributed by atoms with van der Waals surface area (Å²) in [6.45, 7) is 0. The molecule has 4 aromatic rings. The third-order valence-corrected chi connectivity index (χ3v) is 5.40. The summed E-state index contributed by atoms with van der Waals surface area (Å²) in [6.07, 6.45) is 0. The van der Waals surface area contributed by atoms with E-state index in [4.69, 9.17) is 28.2 Å². The molecule has 3 nitrogen and oxygen atoms in total. The maximum Gasteiger partial charge on any atom is 0.264 e. The van der Waals surface area contributed by atoms with Gasteiger partial charge in [0, 0.05) is 21.7 Å². The van der Waals surface area contributed by atoms with Crippen molar-refractivity contribution in [1.82, 2.24) is 9.55 Å². The Morgan fingerprint density at radius 3 is 1.81 bits per heavy atom. The highest BCUT2D eigenvalue weighted by Crippen LogP contribution is 2.44. The molecule has 2 heterocycles. The molecule has 130 valence electrons. The molecule has 0 unspecified atom stereocenters. The largest absolute Gasteiger partial charge is 0.268 e. The maximum atomic E-state index is 13.2. The first-order chi connectivity index (χ1) is 13.2. The van der Waals surface area contributed by atoms with Crippen molar-refractivity contribution in [2.24, 2.45) is 0 Å². The lowest BCUT2D eigenvalue weighted by Crippen LogP contribution is -2.08. The predicted octanol–water partition coefficient (Wildman–Crippen LogP) is 6.19. The zero-order chi connectivity index (χ0) is 18.5. The van der Waals surface area contributed by atoms with Gasteiger partial charge >= 0.3 is 0 Å². The molecule has 0 fully saturated rings. The topological polar surface area (TPSA) is 34.9 Å². The summed E-state index contributed by atoms with van der Waals surface area (Å²) in [7, 11) is 0. The van der Waals surface area contributed by atoms with Crippen molar-refractivity contribution < 1.29 is 4.79 Å². The minimum atomic E-state index is -0.110. The third-order valence-electron chi connectivity index (χ3n) is 4.74. The summed E-state index contributed by atoms with van der Waals surface area (Å²) in [5.74, 6) is 0.502. The number of hydrogen-bond donors (Lipinski definition) is 0. The van der Waals surface area contributed by atoms with Gasteiger partial charge in [-0.05, 0) is 18.2 Å². The molecule has 27 heavy (non-hydrogen) atoms. The normalized spacial score (nSPS) is 12.1. The minimum Gasteiger partial charge on any atom is -0.268 e. The lowest BCUT2D eigenvalue weighted by molar-refractivity contribution is 0.0971. The fourth-order valence-corrected chi connectivity index (χ4v) is 3.98. The fraction of sp³-hybridized carbons (Fsp3) is 0. The highest BCUT2D eigenvalue weighted by molar-refractivity contribution is 6.34. The van der Waals surface area contributed by atoms with Gasteiger partial charge in [0.15, 0.2) is 0 Å². The van der Waals surface area contributed by atoms with Crippen LogP contribution in [0.5, 0.6) is 0 Å². The van der Waals surface area contributed by atoms with E-state index in [0.29, 0.717) is 32.8 Å². The van der Waals surface area contributed by atoms with Crippen molar-refractivity contribution in [3.63, 3.8) is 0 Å². The van der Waals surface area contributed by atoms with E-state index in [1.54, 1.807) is 10.6 Å². The highest BCUT2D eigenvalue weighted by Gasteiger charge is 2.34. The lowest BCUT2D eigenvalue weighted by atomic mass is 10.0. The van der Waals surface area contributed by atoms with E-state index in [1.165, 1.54) is 0 Å². The van der Waals surface area contributed by atoms with E-state index >= 15 is 0 Å². The molecule has 3 aromatic carbocycles. The minimum absolute atomic E-state index is 0.110. The Morgan fingerprint density at radius 2 is 1.19 bits per heavy atom. The first kappa shape index (κ1) is 16.3. The average molecular weight is 391 g/mol. The average Bonchev–Trinajstić information content (AvgIpc) is 3.19. The molecule has 0 saturated heterocycles. The Hall–Kier alpha value is -2.88. The van der Waals surface area contributed by atoms with Gasteiger partial charge in [-0.25, -0.2) is 4.98 Å². The van der Waals surface area contributed by atoms with E-state index < -0.39 is 0 Å². The molecule has 0 spiro atoms. The molecular weight excluding hydrogens is 379 g/mol. The van der Waals surface area contributed by atoms with E-state index in [0.717, 1.165) is 16.7 Å². The Labute approximate surface area is 165 Å². The second-order valence-electron chi connectivity index (χ2n) is 6.28. The van der Waals surface area contributed by atoms with Gasteiger partial charge in [-0.15, -0.1) is 0 Å². The van der Waals surface area contributed by atoms with Gasteiger partial charge < -0.3 is 0 Å². The van der Waals surface area contributed by atoms with E-state index in [1.807, 2.05) is 66.7 Å². The SMILES string of the molecule is O=C1c2ccccc2-c2nc(-c3ccccc3Cl)c(-c3ccccc3Cl)n21. The van der Waals surface area contributed by atoms with Crippen LogP contribution in [0.4, 0.5) is 0 Å². The number of carbonyl (C=O) groups is 1. The predicted molar refractivity (Wildman–Crippen MR) is 108 cm³/mol. The Morgan fingerprint density at radius 1 is 0.667 bits per heavy atom. The van der Waals surface area contributed by atoms with Gasteiger partial charge in [-0.3, -0.25) is 9.36 Å². The number of benzene rings is 3. The molecule has 0 radical (unpaired) electrons. The van der Waals surface area contributed by atoms with Crippen LogP contribution in [-0.4, -0.2) is 15.5 Å². The number of carbonyl (C=O) groups excluding carboxylic acids is 1. The quantitative estimate of drug-likeness (QED) is 0.360. The van der Waals surface area contributed by atoms with Crippen LogP contribution in [0.2, 0.25) is 10.0 Å². The van der Waals surface area contributed by atoms with E-state index in [9.17, 15) is 4.79 Å². The van der Waals surface area contributed by atoms with Crippen molar-refractivity contribution in [3.05, 3.63) is 88.4 Å². The van der Waals surface area contributed by atoms with Crippen molar-refractivity contribution in [2.45, 2.75) is 0 Å². The first-order valence-corrected chi connectivity index (χ1v) is 9.19. The van der Waals surface area contributed by atoms with Gasteiger partial charge in [0.1, 0.15) is 5.82 Å². The highest BCUT2D eigenvalue weighted by atomic mass is 35.5. The fourth-order valence-electron chi connectivity index (χ4n) is 3.53. The second-order valence-corrected chi connectivity index (χ2v) is 7.09. The molecule has 0 N–H and O–H groups in total. The zero-order valence-electron chi connectivity index (χ0n) is 14.0. The van der Waals surface area contributed by atoms with Crippen LogP contribution in [0.25, 0.3) is 33.9 Å². The zero-order valence-corrected chi connectivity index (χ0v) is 15.5. The van der Waals surface area contributed by atoms with Crippen LogP contribution >= 0.6 is 23.2 Å². The van der Waals surface area contributed by atoms with E-state index in [-0.39, 0.29) is 5.91 Å². The van der Waals surface area contributed by atoms with Crippen molar-refractivity contribution >= 4 is 29.1 Å². The van der Waals surface area contributed by atoms with Crippen LogP contribution in [0.3, 0.4) is 0 Å². The molecule has 0 aliphatic carbocycles. The number of aromatic nitrogens is 2. The van der Waals surface area contributed by atoms with Gasteiger partial charge in [-0.2, -0.15) is 0 Å². The van der Waals surface area contributed by atoms with Crippen molar-refractivity contribution in [1.29, 1.82) is 0 Å². The number of halogens is 2. The molecule has 0 amide bonds. The van der Waals surface area contributed by atoms with Crippen LogP contribution in [0, 0.1) is 0 Å². The van der Waals surface area contributed by atoms with Gasteiger partial charge in [0.25, 0.3) is 5.91 Å². The number of rotatable bonds is 2. The smallest absolute Gasteiger partial charge is 0.264 e. The molecule has 1 aliphatic rings. The molecule has 1 aliphatic heterocycles. The summed E-state index contributed by atoms with van der Waals surface area (Å²) in [4.78, 5) is 18.0. The standard InChI is InChI=1S/C22H12Cl2N2O/c23-17-11-5-3-9-15(17)19-20(16-10-4-6-12-18(16)24)26-21(25-19)13-7-1-2-8-14(13)22(26)27/h1-12H. The summed E-state index contributed by atoms with van der Waals surface area (Å²) in [6, 6.07) is 22.4. The van der Waals surface area contributed by atoms with Gasteiger partial charge in [-0.1, -0.05) is 77.8 Å². The lowest BCUT2D eigenvalue weighted by Gasteiger charge is -2.10. The molecule has 1 aromatic heterocycles. The molecule has 5 heteroatoms.